The Balaban J connectivity index is 0.00000121. The molecule has 1 radical (unpaired) electrons. The van der Waals surface area contributed by atoms with E-state index in [0.29, 0.717) is 5.56 Å². The average molecular weight is 203 g/mol. The standard InChI is InChI=1S/C9H8O2.Mn/c1-2-11-9(10)8-6-4-3-5-7-8;/h2-7H,1H2;. The predicted octanol–water partition coefficient (Wildman–Crippen LogP) is 1.98. The van der Waals surface area contributed by atoms with E-state index in [4.69, 9.17) is 0 Å². The molecule has 0 bridgehead atoms. The van der Waals surface area contributed by atoms with E-state index in [1.165, 1.54) is 0 Å². The van der Waals surface area contributed by atoms with Gasteiger partial charge in [-0.1, -0.05) is 24.8 Å². The van der Waals surface area contributed by atoms with E-state index >= 15 is 0 Å². The molecule has 0 aliphatic heterocycles. The third-order valence-electron chi connectivity index (χ3n) is 1.20. The fraction of sp³-hybridized carbons (Fsp3) is 0. The maximum Gasteiger partial charge on any atom is 0.342 e. The monoisotopic (exact) mass is 203 g/mol. The van der Waals surface area contributed by atoms with Crippen molar-refractivity contribution in [3.8, 4) is 0 Å². The Labute approximate surface area is 81.7 Å². The zero-order chi connectivity index (χ0) is 8.10. The number of esters is 1. The maximum absolute atomic E-state index is 11.0. The van der Waals surface area contributed by atoms with E-state index in [1.54, 1.807) is 24.3 Å². The molecule has 12 heavy (non-hydrogen) atoms. The second-order valence-corrected chi connectivity index (χ2v) is 1.94. The summed E-state index contributed by atoms with van der Waals surface area (Å²) in [5, 5.41) is 0. The van der Waals surface area contributed by atoms with Crippen molar-refractivity contribution in [2.75, 3.05) is 0 Å². The molecular weight excluding hydrogens is 195 g/mol. The van der Waals surface area contributed by atoms with Gasteiger partial charge >= 0.3 is 5.97 Å². The van der Waals surface area contributed by atoms with Crippen LogP contribution in [0, 0.1) is 0 Å². The number of benzene rings is 1. The van der Waals surface area contributed by atoms with Crippen molar-refractivity contribution < 1.29 is 26.6 Å². The van der Waals surface area contributed by atoms with Gasteiger partial charge in [-0.25, -0.2) is 4.79 Å². The van der Waals surface area contributed by atoms with Gasteiger partial charge in [-0.3, -0.25) is 0 Å². The fourth-order valence-electron chi connectivity index (χ4n) is 0.718. The minimum atomic E-state index is -0.374. The molecule has 0 aromatic heterocycles. The van der Waals surface area contributed by atoms with Crippen LogP contribution < -0.4 is 0 Å². The van der Waals surface area contributed by atoms with Crippen molar-refractivity contribution in [3.05, 3.63) is 48.7 Å². The van der Waals surface area contributed by atoms with Gasteiger partial charge in [0.05, 0.1) is 11.8 Å². The van der Waals surface area contributed by atoms with Crippen LogP contribution in [0.4, 0.5) is 0 Å². The van der Waals surface area contributed by atoms with Crippen LogP contribution >= 0.6 is 0 Å². The molecule has 63 valence electrons. The average Bonchev–Trinajstić information content (AvgIpc) is 2.07. The number of rotatable bonds is 2. The number of hydrogen-bond donors (Lipinski definition) is 0. The summed E-state index contributed by atoms with van der Waals surface area (Å²) >= 11 is 0. The van der Waals surface area contributed by atoms with Crippen molar-refractivity contribution >= 4 is 5.97 Å². The molecular formula is C9H8MnO2. The van der Waals surface area contributed by atoms with Crippen molar-refractivity contribution in [1.82, 2.24) is 0 Å². The Hall–Kier alpha value is -1.05. The van der Waals surface area contributed by atoms with Gasteiger partial charge in [0.1, 0.15) is 0 Å². The van der Waals surface area contributed by atoms with Crippen LogP contribution in [0.25, 0.3) is 0 Å². The molecule has 1 rings (SSSR count). The number of carbonyl (C=O) groups is 1. The Morgan fingerprint density at radius 1 is 1.33 bits per heavy atom. The molecule has 0 saturated heterocycles. The number of ether oxygens (including phenoxy) is 1. The number of carbonyl (C=O) groups excluding carboxylic acids is 1. The van der Waals surface area contributed by atoms with Gasteiger partial charge < -0.3 is 4.74 Å². The molecule has 0 atom stereocenters. The van der Waals surface area contributed by atoms with Crippen LogP contribution in [-0.2, 0) is 21.8 Å². The summed E-state index contributed by atoms with van der Waals surface area (Å²) in [6, 6.07) is 8.77. The molecule has 0 N–H and O–H groups in total. The summed E-state index contributed by atoms with van der Waals surface area (Å²) < 4.78 is 4.55. The molecule has 0 aliphatic carbocycles. The molecule has 0 heterocycles. The SMILES string of the molecule is C=COC(=O)c1ccccc1.[Mn]. The van der Waals surface area contributed by atoms with Gasteiger partial charge in [0.15, 0.2) is 0 Å². The normalized spacial score (nSPS) is 8.00. The van der Waals surface area contributed by atoms with E-state index in [9.17, 15) is 4.79 Å². The fourth-order valence-corrected chi connectivity index (χ4v) is 0.718. The second kappa shape index (κ2) is 5.58. The Morgan fingerprint density at radius 2 is 1.92 bits per heavy atom. The van der Waals surface area contributed by atoms with Crippen LogP contribution in [0.3, 0.4) is 0 Å². The van der Waals surface area contributed by atoms with E-state index in [2.05, 4.69) is 11.3 Å². The Bertz CT molecular complexity index is 256. The molecule has 0 spiro atoms. The Kier molecular flexibility index (Phi) is 5.09. The first kappa shape index (κ1) is 10.9. The van der Waals surface area contributed by atoms with Crippen molar-refractivity contribution in [2.24, 2.45) is 0 Å². The third-order valence-corrected chi connectivity index (χ3v) is 1.20. The van der Waals surface area contributed by atoms with Crippen LogP contribution in [0.1, 0.15) is 10.4 Å². The summed E-state index contributed by atoms with van der Waals surface area (Å²) in [6.45, 7) is 3.28. The first-order chi connectivity index (χ1) is 5.34. The molecule has 0 fully saturated rings. The third kappa shape index (κ3) is 2.91. The molecule has 1 aromatic rings. The molecule has 0 aliphatic rings. The minimum Gasteiger partial charge on any atom is -0.432 e. The van der Waals surface area contributed by atoms with Crippen LogP contribution in [0.5, 0.6) is 0 Å². The predicted molar refractivity (Wildman–Crippen MR) is 42.1 cm³/mol. The zero-order valence-corrected chi connectivity index (χ0v) is 7.55. The van der Waals surface area contributed by atoms with Crippen LogP contribution in [0.2, 0.25) is 0 Å². The van der Waals surface area contributed by atoms with E-state index in [-0.39, 0.29) is 23.0 Å². The summed E-state index contributed by atoms with van der Waals surface area (Å²) in [5.41, 5.74) is 0.535. The molecule has 2 nitrogen and oxygen atoms in total. The van der Waals surface area contributed by atoms with Crippen LogP contribution in [0.15, 0.2) is 43.2 Å². The first-order valence-electron chi connectivity index (χ1n) is 3.21. The topological polar surface area (TPSA) is 26.3 Å². The molecule has 0 unspecified atom stereocenters. The quantitative estimate of drug-likeness (QED) is 0.417. The largest absolute Gasteiger partial charge is 0.432 e. The van der Waals surface area contributed by atoms with Crippen molar-refractivity contribution in [3.63, 3.8) is 0 Å². The van der Waals surface area contributed by atoms with Crippen molar-refractivity contribution in [2.45, 2.75) is 0 Å². The van der Waals surface area contributed by atoms with E-state index < -0.39 is 0 Å². The van der Waals surface area contributed by atoms with Gasteiger partial charge in [-0.2, -0.15) is 0 Å². The summed E-state index contributed by atoms with van der Waals surface area (Å²) in [6.07, 6.45) is 1.12. The van der Waals surface area contributed by atoms with Gasteiger partial charge in [-0.05, 0) is 12.1 Å². The second-order valence-electron chi connectivity index (χ2n) is 1.94. The van der Waals surface area contributed by atoms with Crippen LogP contribution in [-0.4, -0.2) is 5.97 Å². The van der Waals surface area contributed by atoms with E-state index in [0.717, 1.165) is 6.26 Å². The smallest absolute Gasteiger partial charge is 0.342 e. The summed E-state index contributed by atoms with van der Waals surface area (Å²) in [5.74, 6) is -0.374. The Morgan fingerprint density at radius 3 is 2.42 bits per heavy atom. The van der Waals surface area contributed by atoms with Gasteiger partial charge in [0.2, 0.25) is 0 Å². The van der Waals surface area contributed by atoms with Gasteiger partial charge in [-0.15, -0.1) is 0 Å². The molecule has 1 aromatic carbocycles. The van der Waals surface area contributed by atoms with E-state index in [1.807, 2.05) is 6.07 Å². The molecule has 0 saturated carbocycles. The molecule has 3 heteroatoms. The zero-order valence-electron chi connectivity index (χ0n) is 6.37. The maximum atomic E-state index is 11.0. The number of hydrogen-bond acceptors (Lipinski definition) is 2. The summed E-state index contributed by atoms with van der Waals surface area (Å²) in [7, 11) is 0. The molecule has 0 amide bonds. The van der Waals surface area contributed by atoms with Gasteiger partial charge in [0.25, 0.3) is 0 Å². The first-order valence-corrected chi connectivity index (χ1v) is 3.21. The minimum absolute atomic E-state index is 0. The van der Waals surface area contributed by atoms with Crippen molar-refractivity contribution in [1.29, 1.82) is 0 Å². The summed E-state index contributed by atoms with van der Waals surface area (Å²) in [4.78, 5) is 11.0. The van der Waals surface area contributed by atoms with Gasteiger partial charge in [0, 0.05) is 17.1 Å².